The molecule has 0 saturated carbocycles. The molecule has 0 aromatic heterocycles. The molecule has 15 heavy (non-hydrogen) atoms. The van der Waals surface area contributed by atoms with Crippen LogP contribution >= 0.6 is 11.8 Å². The van der Waals surface area contributed by atoms with Gasteiger partial charge in [-0.15, -0.1) is 11.8 Å². The maximum absolute atomic E-state index is 8.71. The fourth-order valence-electron chi connectivity index (χ4n) is 1.68. The number of hydrogen-bond acceptors (Lipinski definition) is 3. The third kappa shape index (κ3) is 2.53. The molecule has 2 unspecified atom stereocenters. The molecule has 0 aliphatic carbocycles. The summed E-state index contributed by atoms with van der Waals surface area (Å²) in [6.45, 7) is 2.22. The average molecular weight is 218 g/mol. The van der Waals surface area contributed by atoms with E-state index in [4.69, 9.17) is 5.26 Å². The minimum atomic E-state index is 0.390. The molecule has 2 rings (SSSR count). The van der Waals surface area contributed by atoms with Gasteiger partial charge in [0.1, 0.15) is 0 Å². The highest BCUT2D eigenvalue weighted by Crippen LogP contribution is 2.31. The average Bonchev–Trinajstić information content (AvgIpc) is 2.29. The number of rotatable bonds is 1. The summed E-state index contributed by atoms with van der Waals surface area (Å²) in [6, 6.07) is 10.6. The summed E-state index contributed by atoms with van der Waals surface area (Å²) in [7, 11) is 0. The lowest BCUT2D eigenvalue weighted by molar-refractivity contribution is 0.512. The van der Waals surface area contributed by atoms with Crippen LogP contribution in [0, 0.1) is 11.3 Å². The molecule has 1 aromatic rings. The Kier molecular flexibility index (Phi) is 3.30. The molecule has 78 valence electrons. The molecule has 1 fully saturated rings. The van der Waals surface area contributed by atoms with Crippen molar-refractivity contribution in [1.82, 2.24) is 5.32 Å². The number of nitrogens with one attached hydrogen (secondary N) is 1. The Bertz CT molecular complexity index is 366. The Morgan fingerprint density at radius 3 is 2.73 bits per heavy atom. The van der Waals surface area contributed by atoms with Crippen molar-refractivity contribution in [3.05, 3.63) is 35.4 Å². The van der Waals surface area contributed by atoms with E-state index in [9.17, 15) is 0 Å². The van der Waals surface area contributed by atoms with E-state index in [2.05, 4.69) is 18.3 Å². The Morgan fingerprint density at radius 2 is 2.13 bits per heavy atom. The van der Waals surface area contributed by atoms with Gasteiger partial charge in [-0.05, 0) is 36.8 Å². The Balaban J connectivity index is 2.12. The van der Waals surface area contributed by atoms with Crippen LogP contribution in [0.4, 0.5) is 0 Å². The summed E-state index contributed by atoms with van der Waals surface area (Å²) in [5.41, 5.74) is 2.00. The first kappa shape index (κ1) is 10.5. The Morgan fingerprint density at radius 1 is 1.40 bits per heavy atom. The van der Waals surface area contributed by atoms with Gasteiger partial charge in [-0.1, -0.05) is 12.1 Å². The summed E-state index contributed by atoms with van der Waals surface area (Å²) in [5.74, 6) is 1.21. The summed E-state index contributed by atoms with van der Waals surface area (Å²) in [5, 5.41) is 12.7. The van der Waals surface area contributed by atoms with Crippen molar-refractivity contribution >= 4 is 11.8 Å². The van der Waals surface area contributed by atoms with Crippen LogP contribution in [-0.2, 0) is 0 Å². The minimum Gasteiger partial charge on any atom is -0.299 e. The summed E-state index contributed by atoms with van der Waals surface area (Å²) >= 11 is 1.94. The highest BCUT2D eigenvalue weighted by atomic mass is 32.2. The summed E-state index contributed by atoms with van der Waals surface area (Å²) < 4.78 is 0. The minimum absolute atomic E-state index is 0.390. The van der Waals surface area contributed by atoms with Crippen molar-refractivity contribution in [1.29, 1.82) is 5.26 Å². The van der Waals surface area contributed by atoms with Crippen LogP contribution in [0.3, 0.4) is 0 Å². The van der Waals surface area contributed by atoms with Crippen LogP contribution < -0.4 is 5.32 Å². The van der Waals surface area contributed by atoms with E-state index in [0.29, 0.717) is 11.4 Å². The second-order valence-corrected chi connectivity index (χ2v) is 5.05. The molecule has 1 heterocycles. The lowest BCUT2D eigenvalue weighted by Gasteiger charge is -2.28. The van der Waals surface area contributed by atoms with E-state index in [1.54, 1.807) is 0 Å². The van der Waals surface area contributed by atoms with Crippen molar-refractivity contribution in [2.24, 2.45) is 0 Å². The fraction of sp³-hybridized carbons (Fsp3) is 0.417. The summed E-state index contributed by atoms with van der Waals surface area (Å²) in [6.07, 6.45) is 1.23. The van der Waals surface area contributed by atoms with Crippen molar-refractivity contribution in [3.8, 4) is 6.07 Å². The predicted octanol–water partition coefficient (Wildman–Crippen LogP) is 2.67. The third-order valence-corrected chi connectivity index (χ3v) is 3.83. The maximum atomic E-state index is 8.71. The lowest BCUT2D eigenvalue weighted by Crippen LogP contribution is -2.33. The van der Waals surface area contributed by atoms with E-state index >= 15 is 0 Å². The van der Waals surface area contributed by atoms with Crippen LogP contribution in [0.5, 0.6) is 0 Å². The van der Waals surface area contributed by atoms with Gasteiger partial charge in [-0.3, -0.25) is 5.32 Å². The zero-order valence-electron chi connectivity index (χ0n) is 8.73. The summed E-state index contributed by atoms with van der Waals surface area (Å²) in [4.78, 5) is 0. The van der Waals surface area contributed by atoms with Crippen LogP contribution in [0.2, 0.25) is 0 Å². The van der Waals surface area contributed by atoms with E-state index < -0.39 is 0 Å². The van der Waals surface area contributed by atoms with Gasteiger partial charge in [0.15, 0.2) is 0 Å². The molecule has 1 aliphatic heterocycles. The molecule has 0 radical (unpaired) electrons. The van der Waals surface area contributed by atoms with Crippen LogP contribution in [-0.4, -0.2) is 11.8 Å². The number of benzene rings is 1. The van der Waals surface area contributed by atoms with Gasteiger partial charge < -0.3 is 0 Å². The number of thioether (sulfide) groups is 1. The monoisotopic (exact) mass is 218 g/mol. The molecular formula is C12H14N2S. The van der Waals surface area contributed by atoms with E-state index in [0.717, 1.165) is 5.56 Å². The number of nitriles is 1. The van der Waals surface area contributed by atoms with Crippen molar-refractivity contribution in [2.45, 2.75) is 24.8 Å². The third-order valence-electron chi connectivity index (χ3n) is 2.61. The lowest BCUT2D eigenvalue weighted by atomic mass is 10.1. The molecule has 2 atom stereocenters. The first-order valence-electron chi connectivity index (χ1n) is 5.17. The molecule has 1 aromatic carbocycles. The van der Waals surface area contributed by atoms with Crippen molar-refractivity contribution in [3.63, 3.8) is 0 Å². The van der Waals surface area contributed by atoms with Gasteiger partial charge in [0.25, 0.3) is 0 Å². The van der Waals surface area contributed by atoms with Gasteiger partial charge in [0, 0.05) is 6.04 Å². The molecule has 1 N–H and O–H groups in total. The topological polar surface area (TPSA) is 35.8 Å². The second-order valence-electron chi connectivity index (χ2n) is 3.84. The maximum Gasteiger partial charge on any atom is 0.0991 e. The van der Waals surface area contributed by atoms with Gasteiger partial charge in [0.2, 0.25) is 0 Å². The quantitative estimate of drug-likeness (QED) is 0.787. The zero-order chi connectivity index (χ0) is 10.7. The van der Waals surface area contributed by atoms with E-state index in [-0.39, 0.29) is 0 Å². The van der Waals surface area contributed by atoms with E-state index in [1.807, 2.05) is 36.0 Å². The molecule has 0 amide bonds. The molecule has 3 heteroatoms. The van der Waals surface area contributed by atoms with Crippen molar-refractivity contribution in [2.75, 3.05) is 5.75 Å². The van der Waals surface area contributed by atoms with Gasteiger partial charge in [-0.2, -0.15) is 5.26 Å². The molecule has 1 saturated heterocycles. The van der Waals surface area contributed by atoms with Crippen LogP contribution in [0.15, 0.2) is 24.3 Å². The van der Waals surface area contributed by atoms with Gasteiger partial charge >= 0.3 is 0 Å². The second kappa shape index (κ2) is 4.69. The molecule has 0 bridgehead atoms. The van der Waals surface area contributed by atoms with Crippen molar-refractivity contribution < 1.29 is 0 Å². The van der Waals surface area contributed by atoms with Gasteiger partial charge in [-0.25, -0.2) is 0 Å². The Hall–Kier alpha value is -0.980. The molecule has 0 spiro atoms. The van der Waals surface area contributed by atoms with Crippen LogP contribution in [0.25, 0.3) is 0 Å². The first-order chi connectivity index (χ1) is 7.29. The first-order valence-corrected chi connectivity index (χ1v) is 6.22. The Labute approximate surface area is 94.7 Å². The highest BCUT2D eigenvalue weighted by molar-refractivity contribution is 7.99. The molecular weight excluding hydrogens is 204 g/mol. The largest absolute Gasteiger partial charge is 0.299 e. The smallest absolute Gasteiger partial charge is 0.0991 e. The molecule has 1 aliphatic rings. The number of nitrogens with zero attached hydrogens (tertiary/aromatic N) is 1. The van der Waals surface area contributed by atoms with Crippen LogP contribution in [0.1, 0.15) is 29.8 Å². The predicted molar refractivity (Wildman–Crippen MR) is 63.6 cm³/mol. The highest BCUT2D eigenvalue weighted by Gasteiger charge is 2.19. The van der Waals surface area contributed by atoms with E-state index in [1.165, 1.54) is 17.7 Å². The zero-order valence-corrected chi connectivity index (χ0v) is 9.55. The standard InChI is InChI=1S/C12H14N2S/c1-9-6-7-15-12(14-9)11-4-2-10(8-13)3-5-11/h2-5,9,12,14H,6-7H2,1H3. The fourth-order valence-corrected chi connectivity index (χ4v) is 3.08. The SMILES string of the molecule is CC1CCSC(c2ccc(C#N)cc2)N1. The number of hydrogen-bond donors (Lipinski definition) is 1. The molecule has 2 nitrogen and oxygen atoms in total. The normalized spacial score (nSPS) is 25.9. The van der Waals surface area contributed by atoms with Gasteiger partial charge in [0.05, 0.1) is 17.0 Å².